The highest BCUT2D eigenvalue weighted by molar-refractivity contribution is 5.85. The number of hydrogen-bond acceptors (Lipinski definition) is 7. The number of anilines is 1. The van der Waals surface area contributed by atoms with Crippen LogP contribution in [-0.4, -0.2) is 45.5 Å². The van der Waals surface area contributed by atoms with Crippen LogP contribution >= 0.6 is 12.4 Å². The van der Waals surface area contributed by atoms with Gasteiger partial charge in [-0.05, 0) is 54.9 Å². The Labute approximate surface area is 168 Å². The lowest BCUT2D eigenvalue weighted by Gasteiger charge is -2.34. The van der Waals surface area contributed by atoms with Crippen LogP contribution in [0.1, 0.15) is 29.9 Å². The summed E-state index contributed by atoms with van der Waals surface area (Å²) in [6.07, 6.45) is 3.89. The number of allylic oxidation sites excluding steroid dienone is 2. The average molecular weight is 398 g/mol. The van der Waals surface area contributed by atoms with Crippen molar-refractivity contribution in [3.05, 3.63) is 46.8 Å². The fraction of sp³-hybridized carbons (Fsp3) is 0.368. The molecule has 1 atom stereocenters. The number of H-pyrrole nitrogens is 1. The third-order valence-corrected chi connectivity index (χ3v) is 5.69. The first-order chi connectivity index (χ1) is 13.3. The molecule has 0 spiro atoms. The first-order valence-electron chi connectivity index (χ1n) is 9.11. The number of hydrogen-bond donors (Lipinski definition) is 2. The summed E-state index contributed by atoms with van der Waals surface area (Å²) in [6, 6.07) is 8.26. The molecule has 1 unspecified atom stereocenters. The van der Waals surface area contributed by atoms with Gasteiger partial charge in [0.15, 0.2) is 5.82 Å². The monoisotopic (exact) mass is 397 g/mol. The third kappa shape index (κ3) is 2.84. The first kappa shape index (κ1) is 18.5. The Morgan fingerprint density at radius 3 is 2.82 bits per heavy atom. The SMILES string of the molecule is CN1CCC(C2=C(C#N)C(c3cccc4nonc34)c3c[nH]nc3N2)CC1.Cl. The number of benzene rings is 1. The predicted octanol–water partition coefficient (Wildman–Crippen LogP) is 3.04. The predicted molar refractivity (Wildman–Crippen MR) is 106 cm³/mol. The number of nitrogens with zero attached hydrogens (tertiary/aromatic N) is 5. The van der Waals surface area contributed by atoms with Crippen molar-refractivity contribution < 1.29 is 4.63 Å². The molecule has 1 aromatic carbocycles. The van der Waals surface area contributed by atoms with E-state index in [1.165, 1.54) is 0 Å². The summed E-state index contributed by atoms with van der Waals surface area (Å²) in [4.78, 5) is 2.32. The topological polar surface area (TPSA) is 107 Å². The standard InChI is InChI=1S/C19H19N7O.ClH/c1-26-7-5-11(6-8-26)17-13(9-20)16(14-10-21-23-19(14)22-17)12-3-2-4-15-18(12)25-27-24-15;/h2-4,10-11,16H,5-8H2,1H3,(H2,21,22,23);1H. The zero-order chi connectivity index (χ0) is 18.4. The maximum atomic E-state index is 10.1. The summed E-state index contributed by atoms with van der Waals surface area (Å²) in [7, 11) is 2.14. The second-order valence-corrected chi connectivity index (χ2v) is 7.24. The second kappa shape index (κ2) is 7.26. The minimum Gasteiger partial charge on any atom is -0.341 e. The molecule has 0 bridgehead atoms. The van der Waals surface area contributed by atoms with Gasteiger partial charge in [0.25, 0.3) is 0 Å². The minimum atomic E-state index is -0.241. The Balaban J connectivity index is 0.00000192. The van der Waals surface area contributed by atoms with Gasteiger partial charge >= 0.3 is 0 Å². The molecule has 8 nitrogen and oxygen atoms in total. The van der Waals surface area contributed by atoms with Gasteiger partial charge in [-0.2, -0.15) is 10.4 Å². The number of fused-ring (bicyclic) bond motifs is 2. The van der Waals surface area contributed by atoms with Crippen LogP contribution in [-0.2, 0) is 0 Å². The number of aromatic nitrogens is 4. The van der Waals surface area contributed by atoms with Crippen molar-refractivity contribution in [2.75, 3.05) is 25.5 Å². The lowest BCUT2D eigenvalue weighted by Crippen LogP contribution is -2.34. The molecule has 2 aliphatic rings. The van der Waals surface area contributed by atoms with E-state index in [4.69, 9.17) is 4.63 Å². The summed E-state index contributed by atoms with van der Waals surface area (Å²) in [5, 5.41) is 28.9. The van der Waals surface area contributed by atoms with Crippen LogP contribution in [0.15, 0.2) is 40.3 Å². The van der Waals surface area contributed by atoms with Crippen molar-refractivity contribution in [3.63, 3.8) is 0 Å². The fourth-order valence-electron chi connectivity index (χ4n) is 4.25. The Kier molecular flexibility index (Phi) is 4.79. The van der Waals surface area contributed by atoms with Gasteiger partial charge in [0, 0.05) is 23.4 Å². The number of piperidine rings is 1. The molecule has 4 heterocycles. The zero-order valence-electron chi connectivity index (χ0n) is 15.3. The zero-order valence-corrected chi connectivity index (χ0v) is 16.2. The van der Waals surface area contributed by atoms with Crippen molar-refractivity contribution in [3.8, 4) is 6.07 Å². The Morgan fingerprint density at radius 2 is 2.04 bits per heavy atom. The molecule has 1 saturated heterocycles. The van der Waals surface area contributed by atoms with E-state index in [1.54, 1.807) is 0 Å². The molecule has 0 saturated carbocycles. The smallest absolute Gasteiger partial charge is 0.156 e. The molecule has 2 N–H and O–H groups in total. The van der Waals surface area contributed by atoms with Crippen LogP contribution in [0, 0.1) is 17.2 Å². The molecular formula is C19H20ClN7O. The maximum Gasteiger partial charge on any atom is 0.156 e. The van der Waals surface area contributed by atoms with Gasteiger partial charge in [0.1, 0.15) is 11.0 Å². The van der Waals surface area contributed by atoms with Crippen molar-refractivity contribution in [1.29, 1.82) is 5.26 Å². The summed E-state index contributed by atoms with van der Waals surface area (Å²) >= 11 is 0. The van der Waals surface area contributed by atoms with Gasteiger partial charge in [-0.1, -0.05) is 12.1 Å². The first-order valence-corrected chi connectivity index (χ1v) is 9.11. The van der Waals surface area contributed by atoms with Crippen molar-refractivity contribution >= 4 is 29.3 Å². The average Bonchev–Trinajstić information content (AvgIpc) is 3.36. The molecular weight excluding hydrogens is 378 g/mol. The molecule has 0 radical (unpaired) electrons. The molecule has 144 valence electrons. The molecule has 3 aromatic rings. The van der Waals surface area contributed by atoms with Crippen LogP contribution < -0.4 is 5.32 Å². The highest BCUT2D eigenvalue weighted by atomic mass is 35.5. The van der Waals surface area contributed by atoms with Gasteiger partial charge in [-0.15, -0.1) is 12.4 Å². The van der Waals surface area contributed by atoms with Gasteiger partial charge in [-0.3, -0.25) is 5.10 Å². The summed E-state index contributed by atoms with van der Waals surface area (Å²) in [5.41, 5.74) is 4.96. The highest BCUT2D eigenvalue weighted by Gasteiger charge is 2.36. The molecule has 2 aliphatic heterocycles. The van der Waals surface area contributed by atoms with Crippen molar-refractivity contribution in [2.24, 2.45) is 5.92 Å². The van der Waals surface area contributed by atoms with E-state index in [0.29, 0.717) is 17.0 Å². The van der Waals surface area contributed by atoms with Gasteiger partial charge in [0.05, 0.1) is 17.6 Å². The summed E-state index contributed by atoms with van der Waals surface area (Å²) in [6.45, 7) is 2.05. The van der Waals surface area contributed by atoms with Crippen LogP contribution in [0.2, 0.25) is 0 Å². The van der Waals surface area contributed by atoms with Gasteiger partial charge in [-0.25, -0.2) is 4.63 Å². The van der Waals surface area contributed by atoms with E-state index in [9.17, 15) is 5.26 Å². The Hall–Kier alpha value is -2.89. The Morgan fingerprint density at radius 1 is 1.21 bits per heavy atom. The fourth-order valence-corrected chi connectivity index (χ4v) is 4.25. The van der Waals surface area contributed by atoms with E-state index in [0.717, 1.165) is 54.1 Å². The molecule has 1 fully saturated rings. The molecule has 2 aromatic heterocycles. The summed E-state index contributed by atoms with van der Waals surface area (Å²) in [5.74, 6) is 0.856. The van der Waals surface area contributed by atoms with Gasteiger partial charge < -0.3 is 10.2 Å². The lowest BCUT2D eigenvalue weighted by molar-refractivity contribution is 0.238. The van der Waals surface area contributed by atoms with E-state index in [-0.39, 0.29) is 18.3 Å². The molecule has 0 aliphatic carbocycles. The number of halogens is 1. The Bertz CT molecular complexity index is 1070. The molecule has 0 amide bonds. The quantitative estimate of drug-likeness (QED) is 0.684. The third-order valence-electron chi connectivity index (χ3n) is 5.69. The second-order valence-electron chi connectivity index (χ2n) is 7.24. The lowest BCUT2D eigenvalue weighted by atomic mass is 9.78. The van der Waals surface area contributed by atoms with E-state index < -0.39 is 0 Å². The number of aromatic amines is 1. The number of rotatable bonds is 2. The summed E-state index contributed by atoms with van der Waals surface area (Å²) < 4.78 is 4.95. The molecule has 28 heavy (non-hydrogen) atoms. The van der Waals surface area contributed by atoms with E-state index >= 15 is 0 Å². The van der Waals surface area contributed by atoms with Crippen LogP contribution in [0.5, 0.6) is 0 Å². The van der Waals surface area contributed by atoms with Crippen LogP contribution in [0.25, 0.3) is 11.0 Å². The number of nitriles is 1. The largest absolute Gasteiger partial charge is 0.341 e. The van der Waals surface area contributed by atoms with Crippen molar-refractivity contribution in [2.45, 2.75) is 18.8 Å². The molecule has 9 heteroatoms. The normalized spacial score (nSPS) is 20.4. The van der Waals surface area contributed by atoms with Crippen molar-refractivity contribution in [1.82, 2.24) is 25.4 Å². The van der Waals surface area contributed by atoms with Crippen LogP contribution in [0.4, 0.5) is 5.82 Å². The highest BCUT2D eigenvalue weighted by Crippen LogP contribution is 2.45. The minimum absolute atomic E-state index is 0. The van der Waals surface area contributed by atoms with E-state index in [1.807, 2.05) is 24.4 Å². The van der Waals surface area contributed by atoms with Crippen LogP contribution in [0.3, 0.4) is 0 Å². The van der Waals surface area contributed by atoms with Gasteiger partial charge in [0.2, 0.25) is 0 Å². The maximum absolute atomic E-state index is 10.1. The number of likely N-dealkylation sites (tertiary alicyclic amines) is 1. The van der Waals surface area contributed by atoms with E-state index in [2.05, 4.69) is 43.8 Å². The number of nitrogens with one attached hydrogen (secondary N) is 2. The molecule has 5 rings (SSSR count).